The summed E-state index contributed by atoms with van der Waals surface area (Å²) in [5.41, 5.74) is -1.89. The third-order valence-electron chi connectivity index (χ3n) is 4.06. The first-order valence-corrected chi connectivity index (χ1v) is 10.1. The topological polar surface area (TPSA) is 84.9 Å². The monoisotopic (exact) mass is 475 g/mol. The second-order valence-electron chi connectivity index (χ2n) is 7.68. The molecular weight excluding hydrogens is 450 g/mol. The second-order valence-corrected chi connectivity index (χ2v) is 8.60. The van der Waals surface area contributed by atoms with Gasteiger partial charge in [0.05, 0.1) is 7.11 Å². The molecule has 0 radical (unpaired) electrons. The molecule has 0 amide bonds. The maximum absolute atomic E-state index is 13.0. The first-order chi connectivity index (χ1) is 14.0. The van der Waals surface area contributed by atoms with Gasteiger partial charge in [0, 0.05) is 10.2 Å². The number of carbonyl (C=O) groups excluding carboxylic acids is 2. The summed E-state index contributed by atoms with van der Waals surface area (Å²) in [6, 6.07) is 14.6. The number of esters is 2. The first kappa shape index (κ1) is 23.6. The van der Waals surface area contributed by atoms with Crippen molar-refractivity contribution in [2.24, 2.45) is 0 Å². The summed E-state index contributed by atoms with van der Waals surface area (Å²) in [4.78, 5) is 25.6. The number of aliphatic hydroxyl groups is 1. The Morgan fingerprint density at radius 3 is 2.33 bits per heavy atom. The summed E-state index contributed by atoms with van der Waals surface area (Å²) in [6.07, 6.45) is 2.79. The molecule has 0 aromatic heterocycles. The highest BCUT2D eigenvalue weighted by molar-refractivity contribution is 9.10. The Bertz CT molecular complexity index is 907. The number of carbonyl (C=O) groups is 2. The summed E-state index contributed by atoms with van der Waals surface area (Å²) in [5, 5.41) is 14.3. The molecular formula is C23H26BrNO5. The Hall–Kier alpha value is -2.64. The summed E-state index contributed by atoms with van der Waals surface area (Å²) in [5.74, 6) is -1.79. The number of hydrogen-bond acceptors (Lipinski definition) is 6. The third-order valence-corrected chi connectivity index (χ3v) is 4.55. The highest BCUT2D eigenvalue weighted by Crippen LogP contribution is 2.25. The van der Waals surface area contributed by atoms with Crippen LogP contribution in [0.2, 0.25) is 0 Å². The Morgan fingerprint density at radius 2 is 1.77 bits per heavy atom. The van der Waals surface area contributed by atoms with E-state index < -0.39 is 29.2 Å². The molecule has 2 rings (SSSR count). The van der Waals surface area contributed by atoms with Crippen LogP contribution in [0.1, 0.15) is 26.3 Å². The standard InChI is InChI=1S/C23H26BrNO5/c1-22(2,3)30-20(26)19(25-18-11-6-5-7-12-18)23(28,21(27)29-4)14-13-16-9-8-10-17(24)15-16/h5-15,19,25,28H,1-4H3/b14-13+/t19-,23-/m1/s1. The zero-order valence-corrected chi connectivity index (χ0v) is 19.0. The van der Waals surface area contributed by atoms with E-state index in [-0.39, 0.29) is 0 Å². The number of anilines is 1. The molecule has 0 saturated heterocycles. The third kappa shape index (κ3) is 6.43. The Morgan fingerprint density at radius 1 is 1.10 bits per heavy atom. The largest absolute Gasteiger partial charge is 0.467 e. The van der Waals surface area contributed by atoms with E-state index in [0.717, 1.165) is 11.6 Å². The average Bonchev–Trinajstić information content (AvgIpc) is 2.69. The van der Waals surface area contributed by atoms with Crippen molar-refractivity contribution < 1.29 is 24.2 Å². The Labute approximate surface area is 185 Å². The maximum atomic E-state index is 13.0. The molecule has 0 heterocycles. The van der Waals surface area contributed by atoms with E-state index in [1.807, 2.05) is 18.2 Å². The Kier molecular flexibility index (Phi) is 7.81. The van der Waals surface area contributed by atoms with E-state index in [1.165, 1.54) is 6.08 Å². The van der Waals surface area contributed by atoms with Crippen LogP contribution in [-0.4, -0.2) is 41.4 Å². The molecule has 0 fully saturated rings. The minimum atomic E-state index is -2.32. The maximum Gasteiger partial charge on any atom is 0.344 e. The second kappa shape index (κ2) is 9.91. The van der Waals surface area contributed by atoms with Crippen LogP contribution in [0.25, 0.3) is 6.08 Å². The van der Waals surface area contributed by atoms with Gasteiger partial charge in [-0.1, -0.05) is 52.3 Å². The molecule has 0 aliphatic carbocycles. The van der Waals surface area contributed by atoms with E-state index in [9.17, 15) is 14.7 Å². The van der Waals surface area contributed by atoms with Crippen molar-refractivity contribution >= 4 is 39.6 Å². The molecule has 2 aromatic carbocycles. The normalized spacial score (nSPS) is 14.6. The molecule has 2 N–H and O–H groups in total. The van der Waals surface area contributed by atoms with E-state index >= 15 is 0 Å². The van der Waals surface area contributed by atoms with Gasteiger partial charge in [-0.3, -0.25) is 0 Å². The van der Waals surface area contributed by atoms with Crippen molar-refractivity contribution in [3.8, 4) is 0 Å². The summed E-state index contributed by atoms with van der Waals surface area (Å²) in [6.45, 7) is 5.12. The number of benzene rings is 2. The molecule has 2 aromatic rings. The Balaban J connectivity index is 2.50. The average molecular weight is 476 g/mol. The summed E-state index contributed by atoms with van der Waals surface area (Å²) in [7, 11) is 1.15. The summed E-state index contributed by atoms with van der Waals surface area (Å²) >= 11 is 3.38. The van der Waals surface area contributed by atoms with Gasteiger partial charge in [-0.05, 0) is 56.7 Å². The molecule has 0 unspecified atom stereocenters. The fourth-order valence-corrected chi connectivity index (χ4v) is 3.11. The van der Waals surface area contributed by atoms with Gasteiger partial charge in [0.1, 0.15) is 5.60 Å². The first-order valence-electron chi connectivity index (χ1n) is 9.35. The molecule has 0 bridgehead atoms. The molecule has 6 nitrogen and oxygen atoms in total. The highest BCUT2D eigenvalue weighted by Gasteiger charge is 2.49. The molecule has 160 valence electrons. The predicted octanol–water partition coefficient (Wildman–Crippen LogP) is 4.19. The SMILES string of the molecule is COC(=O)[C@@](O)(/C=C/c1cccc(Br)c1)[C@H](Nc1ccccc1)C(=O)OC(C)(C)C. The van der Waals surface area contributed by atoms with Gasteiger partial charge in [-0.25, -0.2) is 9.59 Å². The van der Waals surface area contributed by atoms with E-state index in [1.54, 1.807) is 63.2 Å². The van der Waals surface area contributed by atoms with Gasteiger partial charge < -0.3 is 19.9 Å². The number of halogens is 1. The predicted molar refractivity (Wildman–Crippen MR) is 120 cm³/mol. The van der Waals surface area contributed by atoms with Crippen LogP contribution in [0.4, 0.5) is 5.69 Å². The quantitative estimate of drug-likeness (QED) is 0.584. The van der Waals surface area contributed by atoms with Crippen LogP contribution in [0.15, 0.2) is 65.1 Å². The van der Waals surface area contributed by atoms with Crippen molar-refractivity contribution in [1.29, 1.82) is 0 Å². The van der Waals surface area contributed by atoms with Crippen LogP contribution in [0.3, 0.4) is 0 Å². The summed E-state index contributed by atoms with van der Waals surface area (Å²) < 4.78 is 11.1. The van der Waals surface area contributed by atoms with Gasteiger partial charge in [0.2, 0.25) is 5.60 Å². The van der Waals surface area contributed by atoms with Gasteiger partial charge in [-0.2, -0.15) is 0 Å². The van der Waals surface area contributed by atoms with Crippen molar-refractivity contribution in [3.63, 3.8) is 0 Å². The molecule has 0 aliphatic heterocycles. The van der Waals surface area contributed by atoms with Crippen LogP contribution in [0.5, 0.6) is 0 Å². The van der Waals surface area contributed by atoms with E-state index in [0.29, 0.717) is 11.3 Å². The number of nitrogens with one attached hydrogen (secondary N) is 1. The molecule has 0 saturated carbocycles. The molecule has 0 aliphatic rings. The van der Waals surface area contributed by atoms with Gasteiger partial charge in [-0.15, -0.1) is 0 Å². The lowest BCUT2D eigenvalue weighted by Gasteiger charge is -2.33. The van der Waals surface area contributed by atoms with E-state index in [2.05, 4.69) is 21.2 Å². The van der Waals surface area contributed by atoms with Crippen molar-refractivity contribution in [2.75, 3.05) is 12.4 Å². The smallest absolute Gasteiger partial charge is 0.344 e. The molecule has 0 spiro atoms. The van der Waals surface area contributed by atoms with Crippen molar-refractivity contribution in [2.45, 2.75) is 38.0 Å². The van der Waals surface area contributed by atoms with Gasteiger partial charge >= 0.3 is 11.9 Å². The number of hydrogen-bond donors (Lipinski definition) is 2. The lowest BCUT2D eigenvalue weighted by atomic mass is 9.91. The van der Waals surface area contributed by atoms with Crippen LogP contribution < -0.4 is 5.32 Å². The number of ether oxygens (including phenoxy) is 2. The number of rotatable bonds is 7. The van der Waals surface area contributed by atoms with Crippen LogP contribution in [-0.2, 0) is 19.1 Å². The lowest BCUT2D eigenvalue weighted by molar-refractivity contribution is -0.171. The zero-order valence-electron chi connectivity index (χ0n) is 17.4. The van der Waals surface area contributed by atoms with E-state index in [4.69, 9.17) is 9.47 Å². The number of methoxy groups -OCH3 is 1. The molecule has 30 heavy (non-hydrogen) atoms. The fourth-order valence-electron chi connectivity index (χ4n) is 2.69. The van der Waals surface area contributed by atoms with Gasteiger partial charge in [0.25, 0.3) is 0 Å². The van der Waals surface area contributed by atoms with Crippen molar-refractivity contribution in [1.82, 2.24) is 0 Å². The fraction of sp³-hybridized carbons (Fsp3) is 0.304. The highest BCUT2D eigenvalue weighted by atomic mass is 79.9. The molecule has 2 atom stereocenters. The van der Waals surface area contributed by atoms with Crippen molar-refractivity contribution in [3.05, 3.63) is 70.7 Å². The minimum absolute atomic E-state index is 0.534. The van der Waals surface area contributed by atoms with Gasteiger partial charge in [0.15, 0.2) is 6.04 Å². The lowest BCUT2D eigenvalue weighted by Crippen LogP contribution is -2.57. The van der Waals surface area contributed by atoms with Crippen LogP contribution in [0, 0.1) is 0 Å². The zero-order chi connectivity index (χ0) is 22.4. The number of para-hydroxylation sites is 1. The molecule has 7 heteroatoms. The van der Waals surface area contributed by atoms with Crippen LogP contribution >= 0.6 is 15.9 Å². The minimum Gasteiger partial charge on any atom is -0.467 e.